The van der Waals surface area contributed by atoms with Crippen molar-refractivity contribution < 1.29 is 28.6 Å². The predicted molar refractivity (Wildman–Crippen MR) is 279 cm³/mol. The maximum atomic E-state index is 12.8. The largest absolute Gasteiger partial charge is 0.462 e. The van der Waals surface area contributed by atoms with E-state index in [9.17, 15) is 14.4 Å². The molecule has 0 unspecified atom stereocenters. The van der Waals surface area contributed by atoms with E-state index < -0.39 is 6.10 Å². The van der Waals surface area contributed by atoms with Gasteiger partial charge in [0.15, 0.2) is 6.10 Å². The Kier molecular flexibility index (Phi) is 49.1. The van der Waals surface area contributed by atoms with E-state index in [0.717, 1.165) is 75.5 Å². The number of rotatable bonds is 52. The van der Waals surface area contributed by atoms with Gasteiger partial charge in [0, 0.05) is 19.3 Å². The van der Waals surface area contributed by atoms with E-state index in [1.807, 2.05) is 0 Å². The summed E-state index contributed by atoms with van der Waals surface area (Å²) in [4.78, 5) is 38.2. The van der Waals surface area contributed by atoms with E-state index in [1.54, 1.807) is 0 Å². The molecule has 1 atom stereocenters. The fourth-order valence-electron chi connectivity index (χ4n) is 9.00. The lowest BCUT2D eigenvalue weighted by Gasteiger charge is -2.18. The molecule has 0 fully saturated rings. The highest BCUT2D eigenvalue weighted by Gasteiger charge is 2.19. The van der Waals surface area contributed by atoms with E-state index in [-0.39, 0.29) is 31.1 Å². The average Bonchev–Trinajstić information content (AvgIpc) is 3.26. The average molecular weight is 920 g/mol. The second-order valence-electron chi connectivity index (χ2n) is 21.7. The molecule has 0 aromatic heterocycles. The number of hydrogen-bond acceptors (Lipinski definition) is 6. The Morgan fingerprint density at radius 1 is 0.262 bits per heavy atom. The normalized spacial score (nSPS) is 12.1. The van der Waals surface area contributed by atoms with Crippen LogP contribution in [0.2, 0.25) is 0 Å². The molecule has 0 radical (unpaired) electrons. The maximum absolute atomic E-state index is 12.8. The van der Waals surface area contributed by atoms with Gasteiger partial charge in [-0.1, -0.05) is 286 Å². The fraction of sp³-hybridized carbons (Fsp3) is 0.949. The summed E-state index contributed by atoms with van der Waals surface area (Å²) in [5.74, 6) is 1.67. The van der Waals surface area contributed by atoms with Crippen LogP contribution in [-0.4, -0.2) is 37.2 Å². The van der Waals surface area contributed by atoms with Crippen LogP contribution in [0.15, 0.2) is 0 Å². The van der Waals surface area contributed by atoms with Gasteiger partial charge in [-0.25, -0.2) is 0 Å². The molecule has 6 nitrogen and oxygen atoms in total. The Bertz CT molecular complexity index is 1010. The number of carbonyl (C=O) groups excluding carboxylic acids is 3. The second-order valence-corrected chi connectivity index (χ2v) is 21.7. The maximum Gasteiger partial charge on any atom is 0.306 e. The van der Waals surface area contributed by atoms with Gasteiger partial charge in [-0.15, -0.1) is 0 Å². The number of hydrogen-bond donors (Lipinski definition) is 0. The minimum Gasteiger partial charge on any atom is -0.462 e. The zero-order valence-corrected chi connectivity index (χ0v) is 44.8. The van der Waals surface area contributed by atoms with Crippen LogP contribution in [0.25, 0.3) is 0 Å². The van der Waals surface area contributed by atoms with Gasteiger partial charge >= 0.3 is 17.9 Å². The van der Waals surface area contributed by atoms with Gasteiger partial charge in [-0.05, 0) is 37.0 Å². The molecule has 0 saturated carbocycles. The first-order chi connectivity index (χ1) is 31.6. The lowest BCUT2D eigenvalue weighted by molar-refractivity contribution is -0.167. The third-order valence-corrected chi connectivity index (χ3v) is 13.4. The van der Waals surface area contributed by atoms with Crippen LogP contribution >= 0.6 is 0 Å². The minimum absolute atomic E-state index is 0.0635. The summed E-state index contributed by atoms with van der Waals surface area (Å²) >= 11 is 0. The highest BCUT2D eigenvalue weighted by atomic mass is 16.6. The molecule has 0 aliphatic carbocycles. The van der Waals surface area contributed by atoms with Crippen molar-refractivity contribution >= 4 is 17.9 Å². The smallest absolute Gasteiger partial charge is 0.306 e. The van der Waals surface area contributed by atoms with Crippen LogP contribution in [0.3, 0.4) is 0 Å². The Hall–Kier alpha value is -1.59. The van der Waals surface area contributed by atoms with Gasteiger partial charge < -0.3 is 14.2 Å². The first kappa shape index (κ1) is 63.4. The third kappa shape index (κ3) is 53.2. The molecule has 65 heavy (non-hydrogen) atoms. The standard InChI is InChI=1S/C59H114O6/c1-53(2)45-39-33-27-21-15-10-7-8-12-18-24-30-36-42-48-57(60)63-51-56(65-59(62)50-44-38-32-26-20-14-17-23-29-35-41-47-55(5)6)52-64-58(61)49-43-37-31-25-19-13-9-11-16-22-28-34-40-46-54(3)4/h53-56H,7-52H2,1-6H3/t56-/m1/s1. The van der Waals surface area contributed by atoms with Crippen molar-refractivity contribution in [1.82, 2.24) is 0 Å². The van der Waals surface area contributed by atoms with Crippen LogP contribution in [-0.2, 0) is 28.6 Å². The Labute approximate surface area is 406 Å². The molecule has 0 aliphatic heterocycles. The summed E-state index contributed by atoms with van der Waals surface area (Å²) in [6.07, 6.45) is 52.3. The first-order valence-corrected chi connectivity index (χ1v) is 29.1. The third-order valence-electron chi connectivity index (χ3n) is 13.4. The van der Waals surface area contributed by atoms with Crippen LogP contribution in [0.5, 0.6) is 0 Å². The van der Waals surface area contributed by atoms with E-state index in [1.165, 1.54) is 205 Å². The SMILES string of the molecule is CC(C)CCCCCCCCCCCCCCCCC(=O)OC[C@H](COC(=O)CCCCCCCCCCCCCCCC(C)C)OC(=O)CCCCCCCCCCCCCC(C)C. The first-order valence-electron chi connectivity index (χ1n) is 29.1. The summed E-state index contributed by atoms with van der Waals surface area (Å²) in [5.41, 5.74) is 0. The molecule has 0 saturated heterocycles. The van der Waals surface area contributed by atoms with Gasteiger partial charge in [0.2, 0.25) is 0 Å². The summed E-state index contributed by atoms with van der Waals surface area (Å²) < 4.78 is 16.9. The molecule has 0 aromatic carbocycles. The van der Waals surface area contributed by atoms with Crippen molar-refractivity contribution in [2.75, 3.05) is 13.2 Å². The molecule has 0 aliphatic rings. The molecular weight excluding hydrogens is 805 g/mol. The lowest BCUT2D eigenvalue weighted by atomic mass is 10.0. The summed E-state index contributed by atoms with van der Waals surface area (Å²) in [6, 6.07) is 0. The van der Waals surface area contributed by atoms with E-state index in [0.29, 0.717) is 19.3 Å². The van der Waals surface area contributed by atoms with Gasteiger partial charge in [-0.3, -0.25) is 14.4 Å². The van der Waals surface area contributed by atoms with Crippen LogP contribution in [0.4, 0.5) is 0 Å². The number of unbranched alkanes of at least 4 members (excludes halogenated alkanes) is 35. The zero-order chi connectivity index (χ0) is 47.7. The Balaban J connectivity index is 4.30. The van der Waals surface area contributed by atoms with Crippen molar-refractivity contribution in [3.8, 4) is 0 Å². The van der Waals surface area contributed by atoms with Crippen molar-refractivity contribution in [3.05, 3.63) is 0 Å². The van der Waals surface area contributed by atoms with Gasteiger partial charge in [-0.2, -0.15) is 0 Å². The summed E-state index contributed by atoms with van der Waals surface area (Å²) in [6.45, 7) is 13.8. The highest BCUT2D eigenvalue weighted by molar-refractivity contribution is 5.71. The molecule has 0 amide bonds. The van der Waals surface area contributed by atoms with Crippen molar-refractivity contribution in [1.29, 1.82) is 0 Å². The second kappa shape index (κ2) is 50.3. The molecule has 0 bridgehead atoms. The Morgan fingerprint density at radius 2 is 0.446 bits per heavy atom. The van der Waals surface area contributed by atoms with Crippen LogP contribution < -0.4 is 0 Å². The summed E-state index contributed by atoms with van der Waals surface area (Å²) in [7, 11) is 0. The van der Waals surface area contributed by atoms with Gasteiger partial charge in [0.1, 0.15) is 13.2 Å². The predicted octanol–water partition coefficient (Wildman–Crippen LogP) is 19.1. The lowest BCUT2D eigenvalue weighted by Crippen LogP contribution is -2.30. The van der Waals surface area contributed by atoms with Gasteiger partial charge in [0.05, 0.1) is 0 Å². The number of esters is 3. The minimum atomic E-state index is -0.764. The summed E-state index contributed by atoms with van der Waals surface area (Å²) in [5, 5.41) is 0. The van der Waals surface area contributed by atoms with Crippen molar-refractivity contribution in [2.45, 2.75) is 330 Å². The Morgan fingerprint density at radius 3 is 0.662 bits per heavy atom. The monoisotopic (exact) mass is 919 g/mol. The number of carbonyl (C=O) groups is 3. The van der Waals surface area contributed by atoms with E-state index >= 15 is 0 Å². The molecule has 0 rings (SSSR count). The topological polar surface area (TPSA) is 78.9 Å². The molecule has 0 aromatic rings. The quantitative estimate of drug-likeness (QED) is 0.0344. The molecule has 6 heteroatoms. The van der Waals surface area contributed by atoms with E-state index in [4.69, 9.17) is 14.2 Å². The fourth-order valence-corrected chi connectivity index (χ4v) is 9.00. The van der Waals surface area contributed by atoms with Crippen LogP contribution in [0.1, 0.15) is 324 Å². The molecule has 0 N–H and O–H groups in total. The highest BCUT2D eigenvalue weighted by Crippen LogP contribution is 2.18. The molecule has 0 spiro atoms. The van der Waals surface area contributed by atoms with Crippen LogP contribution in [0, 0.1) is 17.8 Å². The molecular formula is C59H114O6. The van der Waals surface area contributed by atoms with E-state index in [2.05, 4.69) is 41.5 Å². The van der Waals surface area contributed by atoms with Gasteiger partial charge in [0.25, 0.3) is 0 Å². The van der Waals surface area contributed by atoms with Crippen molar-refractivity contribution in [2.24, 2.45) is 17.8 Å². The zero-order valence-electron chi connectivity index (χ0n) is 44.8. The molecule has 386 valence electrons. The molecule has 0 heterocycles. The number of ether oxygens (including phenoxy) is 3. The van der Waals surface area contributed by atoms with Crippen molar-refractivity contribution in [3.63, 3.8) is 0 Å².